The first kappa shape index (κ1) is 15.5. The summed E-state index contributed by atoms with van der Waals surface area (Å²) in [7, 11) is 0. The van der Waals surface area contributed by atoms with Crippen LogP contribution in [0.4, 0.5) is 0 Å². The summed E-state index contributed by atoms with van der Waals surface area (Å²) >= 11 is 0. The third-order valence-corrected chi connectivity index (χ3v) is 4.26. The van der Waals surface area contributed by atoms with Crippen LogP contribution >= 0.6 is 0 Å². The number of likely N-dealkylation sites (N-methyl/N-ethyl adjacent to an activating group) is 1. The molecule has 1 saturated heterocycles. The summed E-state index contributed by atoms with van der Waals surface area (Å²) in [6.45, 7) is 7.47. The highest BCUT2D eigenvalue weighted by atomic mass is 16.5. The summed E-state index contributed by atoms with van der Waals surface area (Å²) in [5.41, 5.74) is 2.85. The summed E-state index contributed by atoms with van der Waals surface area (Å²) in [5, 5.41) is 3.51. The Bertz CT molecular complexity index is 385. The standard InChI is InChI=1S/C18H29NO/c1-3-19-14-17(16-8-4-7-15(2)13-16)9-5-10-18-11-6-12-20-18/h4,7-8,13,17-19H,3,5-6,9-12,14H2,1-2H3. The van der Waals surface area contributed by atoms with E-state index in [0.29, 0.717) is 12.0 Å². The van der Waals surface area contributed by atoms with Gasteiger partial charge >= 0.3 is 0 Å². The predicted octanol–water partition coefficient (Wildman–Crippen LogP) is 4.04. The number of hydrogen-bond donors (Lipinski definition) is 1. The van der Waals surface area contributed by atoms with E-state index >= 15 is 0 Å². The fourth-order valence-corrected chi connectivity index (χ4v) is 3.09. The van der Waals surface area contributed by atoms with E-state index in [1.54, 1.807) is 0 Å². The van der Waals surface area contributed by atoms with Crippen molar-refractivity contribution in [2.45, 2.75) is 58.0 Å². The lowest BCUT2D eigenvalue weighted by Crippen LogP contribution is -2.21. The van der Waals surface area contributed by atoms with Gasteiger partial charge in [-0.1, -0.05) is 43.2 Å². The molecule has 1 aliphatic rings. The lowest BCUT2D eigenvalue weighted by atomic mass is 9.91. The van der Waals surface area contributed by atoms with Gasteiger partial charge in [0.05, 0.1) is 6.10 Å². The maximum atomic E-state index is 5.73. The van der Waals surface area contributed by atoms with Gasteiger partial charge in [0.25, 0.3) is 0 Å². The number of hydrogen-bond acceptors (Lipinski definition) is 2. The lowest BCUT2D eigenvalue weighted by Gasteiger charge is -2.19. The Morgan fingerprint density at radius 2 is 2.30 bits per heavy atom. The second-order valence-electron chi connectivity index (χ2n) is 5.98. The van der Waals surface area contributed by atoms with Crippen molar-refractivity contribution in [3.05, 3.63) is 35.4 Å². The Hall–Kier alpha value is -0.860. The molecule has 1 heterocycles. The quantitative estimate of drug-likeness (QED) is 0.773. The molecule has 0 saturated carbocycles. The van der Waals surface area contributed by atoms with Crippen LogP contribution < -0.4 is 5.32 Å². The first-order valence-corrected chi connectivity index (χ1v) is 8.18. The average Bonchev–Trinajstić information content (AvgIpc) is 2.96. The third kappa shape index (κ3) is 4.92. The van der Waals surface area contributed by atoms with E-state index in [4.69, 9.17) is 4.74 Å². The van der Waals surface area contributed by atoms with Crippen molar-refractivity contribution in [3.8, 4) is 0 Å². The normalized spacial score (nSPS) is 20.2. The van der Waals surface area contributed by atoms with Crippen molar-refractivity contribution >= 4 is 0 Å². The molecule has 1 aromatic rings. The van der Waals surface area contributed by atoms with Crippen LogP contribution in [0.25, 0.3) is 0 Å². The molecule has 1 fully saturated rings. The number of rotatable bonds is 8. The molecular formula is C18H29NO. The second-order valence-corrected chi connectivity index (χ2v) is 5.98. The molecule has 0 aliphatic carbocycles. The summed E-state index contributed by atoms with van der Waals surface area (Å²) in [6.07, 6.45) is 6.82. The molecule has 2 rings (SSSR count). The van der Waals surface area contributed by atoms with Gasteiger partial charge in [-0.15, -0.1) is 0 Å². The zero-order chi connectivity index (χ0) is 14.2. The van der Waals surface area contributed by atoms with Crippen molar-refractivity contribution < 1.29 is 4.74 Å². The van der Waals surface area contributed by atoms with E-state index in [1.165, 1.54) is 43.2 Å². The molecule has 0 bridgehead atoms. The first-order valence-electron chi connectivity index (χ1n) is 8.18. The molecule has 20 heavy (non-hydrogen) atoms. The molecule has 112 valence electrons. The van der Waals surface area contributed by atoms with Crippen molar-refractivity contribution in [1.82, 2.24) is 5.32 Å². The van der Waals surface area contributed by atoms with Gasteiger partial charge in [-0.3, -0.25) is 0 Å². The van der Waals surface area contributed by atoms with Gasteiger partial charge in [0.2, 0.25) is 0 Å². The Morgan fingerprint density at radius 3 is 3.00 bits per heavy atom. The van der Waals surface area contributed by atoms with Crippen LogP contribution in [-0.4, -0.2) is 25.8 Å². The average molecular weight is 275 g/mol. The zero-order valence-corrected chi connectivity index (χ0v) is 13.0. The Labute approximate surface area is 123 Å². The summed E-state index contributed by atoms with van der Waals surface area (Å²) in [5.74, 6) is 0.635. The minimum Gasteiger partial charge on any atom is -0.378 e. The van der Waals surface area contributed by atoms with Gasteiger partial charge < -0.3 is 10.1 Å². The molecule has 1 aromatic carbocycles. The zero-order valence-electron chi connectivity index (χ0n) is 13.0. The SMILES string of the molecule is CCNCC(CCCC1CCCO1)c1cccc(C)c1. The topological polar surface area (TPSA) is 21.3 Å². The van der Waals surface area contributed by atoms with Crippen LogP contribution in [0.2, 0.25) is 0 Å². The smallest absolute Gasteiger partial charge is 0.0576 e. The minimum absolute atomic E-state index is 0.535. The Morgan fingerprint density at radius 1 is 1.40 bits per heavy atom. The van der Waals surface area contributed by atoms with Gasteiger partial charge in [0.15, 0.2) is 0 Å². The lowest BCUT2D eigenvalue weighted by molar-refractivity contribution is 0.101. The molecule has 0 radical (unpaired) electrons. The molecule has 0 spiro atoms. The van der Waals surface area contributed by atoms with Crippen LogP contribution in [0.3, 0.4) is 0 Å². The fraction of sp³-hybridized carbons (Fsp3) is 0.667. The molecule has 2 unspecified atom stereocenters. The molecule has 2 heteroatoms. The van der Waals surface area contributed by atoms with Crippen LogP contribution in [-0.2, 0) is 4.74 Å². The number of aryl methyl sites for hydroxylation is 1. The van der Waals surface area contributed by atoms with E-state index in [-0.39, 0.29) is 0 Å². The van der Waals surface area contributed by atoms with E-state index in [9.17, 15) is 0 Å². The van der Waals surface area contributed by atoms with Gasteiger partial charge in [0.1, 0.15) is 0 Å². The molecule has 2 atom stereocenters. The first-order chi connectivity index (χ1) is 9.79. The van der Waals surface area contributed by atoms with Gasteiger partial charge in [-0.25, -0.2) is 0 Å². The van der Waals surface area contributed by atoms with Crippen molar-refractivity contribution in [2.75, 3.05) is 19.7 Å². The van der Waals surface area contributed by atoms with Crippen LogP contribution in [0.5, 0.6) is 0 Å². The van der Waals surface area contributed by atoms with Crippen LogP contribution in [0, 0.1) is 6.92 Å². The monoisotopic (exact) mass is 275 g/mol. The Kier molecular flexibility index (Phi) is 6.55. The molecule has 0 amide bonds. The van der Waals surface area contributed by atoms with Crippen molar-refractivity contribution in [2.24, 2.45) is 0 Å². The molecule has 1 aliphatic heterocycles. The number of ether oxygens (including phenoxy) is 1. The second kappa shape index (κ2) is 8.43. The maximum Gasteiger partial charge on any atom is 0.0576 e. The molecule has 2 nitrogen and oxygen atoms in total. The highest BCUT2D eigenvalue weighted by Crippen LogP contribution is 2.25. The van der Waals surface area contributed by atoms with Crippen molar-refractivity contribution in [1.29, 1.82) is 0 Å². The highest BCUT2D eigenvalue weighted by Gasteiger charge is 2.17. The summed E-state index contributed by atoms with van der Waals surface area (Å²) in [4.78, 5) is 0. The highest BCUT2D eigenvalue weighted by molar-refractivity contribution is 5.25. The number of benzene rings is 1. The fourth-order valence-electron chi connectivity index (χ4n) is 3.09. The largest absolute Gasteiger partial charge is 0.378 e. The van der Waals surface area contributed by atoms with Gasteiger partial charge in [0, 0.05) is 13.2 Å². The van der Waals surface area contributed by atoms with E-state index in [0.717, 1.165) is 19.7 Å². The summed E-state index contributed by atoms with van der Waals surface area (Å²) < 4.78 is 5.73. The van der Waals surface area contributed by atoms with E-state index in [1.807, 2.05) is 0 Å². The van der Waals surface area contributed by atoms with E-state index in [2.05, 4.69) is 43.4 Å². The third-order valence-electron chi connectivity index (χ3n) is 4.26. The van der Waals surface area contributed by atoms with Gasteiger partial charge in [-0.05, 0) is 50.6 Å². The predicted molar refractivity (Wildman–Crippen MR) is 85.3 cm³/mol. The molecule has 0 aromatic heterocycles. The van der Waals surface area contributed by atoms with E-state index < -0.39 is 0 Å². The van der Waals surface area contributed by atoms with Crippen molar-refractivity contribution in [3.63, 3.8) is 0 Å². The minimum atomic E-state index is 0.535. The maximum absolute atomic E-state index is 5.73. The summed E-state index contributed by atoms with van der Waals surface area (Å²) in [6, 6.07) is 8.99. The molecular weight excluding hydrogens is 246 g/mol. The Balaban J connectivity index is 1.85. The van der Waals surface area contributed by atoms with Crippen LogP contribution in [0.15, 0.2) is 24.3 Å². The molecule has 1 N–H and O–H groups in total. The number of nitrogens with one attached hydrogen (secondary N) is 1. The van der Waals surface area contributed by atoms with Crippen LogP contribution in [0.1, 0.15) is 56.1 Å². The van der Waals surface area contributed by atoms with Gasteiger partial charge in [-0.2, -0.15) is 0 Å².